The molecule has 2 N–H and O–H groups in total. The molecular formula is C15H18FN3O2. The number of benzene rings is 1. The lowest BCUT2D eigenvalue weighted by Gasteiger charge is -2.08. The van der Waals surface area contributed by atoms with E-state index in [1.54, 1.807) is 4.68 Å². The molecule has 0 aliphatic carbocycles. The molecule has 0 radical (unpaired) electrons. The van der Waals surface area contributed by atoms with E-state index in [1.807, 2.05) is 19.9 Å². The maximum absolute atomic E-state index is 13.2. The number of rotatable bonds is 5. The molecule has 21 heavy (non-hydrogen) atoms. The molecule has 0 aliphatic rings. The van der Waals surface area contributed by atoms with Gasteiger partial charge in [0.25, 0.3) is 0 Å². The molecule has 2 rings (SSSR count). The fraction of sp³-hybridized carbons (Fsp3) is 0.333. The van der Waals surface area contributed by atoms with E-state index in [1.165, 1.54) is 12.1 Å². The Balaban J connectivity index is 2.10. The second-order valence-corrected chi connectivity index (χ2v) is 4.60. The van der Waals surface area contributed by atoms with Crippen molar-refractivity contribution in [3.63, 3.8) is 0 Å². The highest BCUT2D eigenvalue weighted by Crippen LogP contribution is 2.16. The lowest BCUT2D eigenvalue weighted by atomic mass is 10.2. The van der Waals surface area contributed by atoms with Crippen LogP contribution >= 0.6 is 0 Å². The Bertz CT molecular complexity index is 652. The summed E-state index contributed by atoms with van der Waals surface area (Å²) >= 11 is 0. The van der Waals surface area contributed by atoms with E-state index in [9.17, 15) is 9.18 Å². The smallest absolute Gasteiger partial charge is 0.340 e. The number of halogens is 1. The fourth-order valence-electron chi connectivity index (χ4n) is 2.00. The van der Waals surface area contributed by atoms with E-state index in [4.69, 9.17) is 10.5 Å². The number of aryl methyl sites for hydroxylation is 2. The number of carbonyl (C=O) groups excluding carboxylic acids is 1. The van der Waals surface area contributed by atoms with Gasteiger partial charge in [0.15, 0.2) is 0 Å². The van der Waals surface area contributed by atoms with Gasteiger partial charge in [0, 0.05) is 12.2 Å². The van der Waals surface area contributed by atoms with Crippen molar-refractivity contribution in [1.82, 2.24) is 9.78 Å². The molecule has 0 saturated carbocycles. The van der Waals surface area contributed by atoms with E-state index >= 15 is 0 Å². The third-order valence-corrected chi connectivity index (χ3v) is 3.16. The molecule has 0 unspecified atom stereocenters. The maximum atomic E-state index is 13.2. The quantitative estimate of drug-likeness (QED) is 0.679. The van der Waals surface area contributed by atoms with Crippen molar-refractivity contribution >= 4 is 11.7 Å². The van der Waals surface area contributed by atoms with Gasteiger partial charge in [-0.15, -0.1) is 0 Å². The van der Waals surface area contributed by atoms with Crippen molar-refractivity contribution in [2.24, 2.45) is 0 Å². The number of ether oxygens (including phenoxy) is 1. The predicted molar refractivity (Wildman–Crippen MR) is 77.2 cm³/mol. The summed E-state index contributed by atoms with van der Waals surface area (Å²) in [5.74, 6) is -1.17. The average Bonchev–Trinajstić information content (AvgIpc) is 2.89. The summed E-state index contributed by atoms with van der Waals surface area (Å²) < 4.78 is 20.1. The van der Waals surface area contributed by atoms with Crippen LogP contribution in [0.4, 0.5) is 10.1 Å². The minimum atomic E-state index is -0.645. The summed E-state index contributed by atoms with van der Waals surface area (Å²) in [6.07, 6.45) is 0.810. The van der Waals surface area contributed by atoms with Gasteiger partial charge in [0.1, 0.15) is 12.4 Å². The number of nitrogens with two attached hydrogens (primary N) is 1. The standard InChI is InChI=1S/C15H18FN3O2/c1-3-11-8-12(19(4-2)18-11)9-21-15(20)13-7-10(16)5-6-14(13)17/h5-8H,3-4,9,17H2,1-2H3. The zero-order valence-electron chi connectivity index (χ0n) is 12.1. The molecule has 0 atom stereocenters. The van der Waals surface area contributed by atoms with Crippen molar-refractivity contribution in [1.29, 1.82) is 0 Å². The Kier molecular flexibility index (Phi) is 4.57. The number of nitrogen functional groups attached to an aromatic ring is 1. The van der Waals surface area contributed by atoms with Gasteiger partial charge < -0.3 is 10.5 Å². The summed E-state index contributed by atoms with van der Waals surface area (Å²) in [5, 5.41) is 4.37. The Labute approximate surface area is 122 Å². The fourth-order valence-corrected chi connectivity index (χ4v) is 2.00. The highest BCUT2D eigenvalue weighted by molar-refractivity contribution is 5.94. The van der Waals surface area contributed by atoms with Crippen LogP contribution in [-0.2, 0) is 24.3 Å². The van der Waals surface area contributed by atoms with Crippen molar-refractivity contribution in [3.05, 3.63) is 47.0 Å². The zero-order chi connectivity index (χ0) is 15.4. The Morgan fingerprint density at radius 2 is 2.14 bits per heavy atom. The molecule has 112 valence electrons. The van der Waals surface area contributed by atoms with Gasteiger partial charge in [-0.05, 0) is 37.6 Å². The van der Waals surface area contributed by atoms with E-state index < -0.39 is 11.8 Å². The van der Waals surface area contributed by atoms with Gasteiger partial charge in [0.05, 0.1) is 17.0 Å². The SMILES string of the molecule is CCc1cc(COC(=O)c2cc(F)ccc2N)n(CC)n1. The lowest BCUT2D eigenvalue weighted by molar-refractivity contribution is 0.0463. The summed E-state index contributed by atoms with van der Waals surface area (Å²) in [6.45, 7) is 4.73. The first kappa shape index (κ1) is 15.0. The summed E-state index contributed by atoms with van der Waals surface area (Å²) in [6, 6.07) is 5.52. The Hall–Kier alpha value is -2.37. The van der Waals surface area contributed by atoms with Gasteiger partial charge in [-0.3, -0.25) is 4.68 Å². The summed E-state index contributed by atoms with van der Waals surface area (Å²) in [5.41, 5.74) is 7.63. The molecule has 6 heteroatoms. The maximum Gasteiger partial charge on any atom is 0.340 e. The second-order valence-electron chi connectivity index (χ2n) is 4.60. The Morgan fingerprint density at radius 1 is 1.38 bits per heavy atom. The van der Waals surface area contributed by atoms with Crippen molar-refractivity contribution < 1.29 is 13.9 Å². The predicted octanol–water partition coefficient (Wildman–Crippen LogP) is 2.54. The first-order valence-corrected chi connectivity index (χ1v) is 6.82. The van der Waals surface area contributed by atoms with Crippen molar-refractivity contribution in [2.45, 2.75) is 33.4 Å². The van der Waals surface area contributed by atoms with Crippen molar-refractivity contribution in [2.75, 3.05) is 5.73 Å². The molecule has 5 nitrogen and oxygen atoms in total. The van der Waals surface area contributed by atoms with Crippen molar-refractivity contribution in [3.8, 4) is 0 Å². The molecule has 1 aromatic heterocycles. The number of nitrogens with zero attached hydrogens (tertiary/aromatic N) is 2. The van der Waals surface area contributed by atoms with Crippen LogP contribution in [0.25, 0.3) is 0 Å². The molecular weight excluding hydrogens is 273 g/mol. The molecule has 1 heterocycles. The van der Waals surface area contributed by atoms with Gasteiger partial charge in [-0.2, -0.15) is 5.10 Å². The van der Waals surface area contributed by atoms with Crippen LogP contribution in [0.2, 0.25) is 0 Å². The van der Waals surface area contributed by atoms with Gasteiger partial charge in [-0.25, -0.2) is 9.18 Å². The van der Waals surface area contributed by atoms with Crippen LogP contribution in [0.3, 0.4) is 0 Å². The molecule has 0 fully saturated rings. The highest BCUT2D eigenvalue weighted by atomic mass is 19.1. The average molecular weight is 291 g/mol. The molecule has 0 aliphatic heterocycles. The first-order valence-electron chi connectivity index (χ1n) is 6.82. The molecule has 1 aromatic carbocycles. The van der Waals surface area contributed by atoms with Crippen LogP contribution in [0, 0.1) is 5.82 Å². The van der Waals surface area contributed by atoms with E-state index in [0.29, 0.717) is 6.54 Å². The molecule has 0 bridgehead atoms. The number of carbonyl (C=O) groups is 1. The van der Waals surface area contributed by atoms with Crippen LogP contribution < -0.4 is 5.73 Å². The van der Waals surface area contributed by atoms with Gasteiger partial charge >= 0.3 is 5.97 Å². The van der Waals surface area contributed by atoms with E-state index in [2.05, 4.69) is 5.10 Å². The zero-order valence-corrected chi connectivity index (χ0v) is 12.1. The van der Waals surface area contributed by atoms with Crippen LogP contribution in [-0.4, -0.2) is 15.7 Å². The largest absolute Gasteiger partial charge is 0.456 e. The monoisotopic (exact) mass is 291 g/mol. The number of aromatic nitrogens is 2. The van der Waals surface area contributed by atoms with Crippen LogP contribution in [0.15, 0.2) is 24.3 Å². The van der Waals surface area contributed by atoms with Gasteiger partial charge in [-0.1, -0.05) is 6.92 Å². The van der Waals surface area contributed by atoms with Crippen LogP contribution in [0.5, 0.6) is 0 Å². The third-order valence-electron chi connectivity index (χ3n) is 3.16. The normalized spacial score (nSPS) is 10.6. The first-order chi connectivity index (χ1) is 10.0. The number of anilines is 1. The Morgan fingerprint density at radius 3 is 2.81 bits per heavy atom. The lowest BCUT2D eigenvalue weighted by Crippen LogP contribution is -2.11. The minimum absolute atomic E-state index is 0.0354. The molecule has 0 spiro atoms. The van der Waals surface area contributed by atoms with Crippen LogP contribution in [0.1, 0.15) is 35.6 Å². The van der Waals surface area contributed by atoms with E-state index in [-0.39, 0.29) is 17.9 Å². The van der Waals surface area contributed by atoms with E-state index in [0.717, 1.165) is 23.9 Å². The molecule has 2 aromatic rings. The highest BCUT2D eigenvalue weighted by Gasteiger charge is 2.14. The van der Waals surface area contributed by atoms with Gasteiger partial charge in [0.2, 0.25) is 0 Å². The molecule has 0 amide bonds. The summed E-state index contributed by atoms with van der Waals surface area (Å²) in [7, 11) is 0. The number of esters is 1. The minimum Gasteiger partial charge on any atom is -0.456 e. The topological polar surface area (TPSA) is 70.1 Å². The number of hydrogen-bond acceptors (Lipinski definition) is 4. The second kappa shape index (κ2) is 6.39. The summed E-state index contributed by atoms with van der Waals surface area (Å²) in [4.78, 5) is 12.0. The third kappa shape index (κ3) is 3.39. The number of hydrogen-bond donors (Lipinski definition) is 1. The molecule has 0 saturated heterocycles.